The molecule has 1 aliphatic carbocycles. The third-order valence-electron chi connectivity index (χ3n) is 13.9. The molecule has 0 radical (unpaired) electrons. The number of carbonyl (C=O) groups is 4. The number of piperidine rings is 2. The average Bonchev–Trinajstić information content (AvgIpc) is 3.58. The van der Waals surface area contributed by atoms with E-state index < -0.39 is 28.6 Å². The number of piperazine rings is 1. The Balaban J connectivity index is 0.741. The minimum atomic E-state index is -0.736. The molecule has 2 aromatic heterocycles. The van der Waals surface area contributed by atoms with E-state index in [-0.39, 0.29) is 60.5 Å². The van der Waals surface area contributed by atoms with Crippen LogP contribution in [0.3, 0.4) is 0 Å². The van der Waals surface area contributed by atoms with E-state index in [0.717, 1.165) is 56.8 Å². The molecule has 9 rings (SSSR count). The first-order valence-corrected chi connectivity index (χ1v) is 21.5. The Labute approximate surface area is 359 Å². The van der Waals surface area contributed by atoms with Gasteiger partial charge in [0, 0.05) is 92.8 Å². The Morgan fingerprint density at radius 3 is 2.40 bits per heavy atom. The molecule has 4 amide bonds. The molecule has 5 aliphatic rings. The normalized spacial score (nSPS) is 23.7. The maximum Gasteiger partial charge on any atom is 0.272 e. The summed E-state index contributed by atoms with van der Waals surface area (Å²) in [6.45, 7) is 14.1. The number of amides is 4. The Bertz CT molecular complexity index is 2470. The first-order valence-electron chi connectivity index (χ1n) is 21.5. The van der Waals surface area contributed by atoms with Crippen LogP contribution in [0.15, 0.2) is 54.7 Å². The minimum absolute atomic E-state index is 0.169. The van der Waals surface area contributed by atoms with Crippen LogP contribution in [0.4, 0.5) is 15.9 Å². The fourth-order valence-electron chi connectivity index (χ4n) is 10.8. The molecule has 4 aromatic rings. The average molecular weight is 843 g/mol. The second kappa shape index (κ2) is 15.9. The number of imide groups is 1. The van der Waals surface area contributed by atoms with E-state index in [1.54, 1.807) is 24.4 Å². The van der Waals surface area contributed by atoms with Gasteiger partial charge in [-0.1, -0.05) is 27.7 Å². The molecule has 16 heteroatoms. The van der Waals surface area contributed by atoms with Crippen LogP contribution >= 0.6 is 0 Å². The number of benzene rings is 2. The molecule has 6 heterocycles. The van der Waals surface area contributed by atoms with Gasteiger partial charge in [-0.3, -0.25) is 34.4 Å². The van der Waals surface area contributed by atoms with Gasteiger partial charge >= 0.3 is 0 Å². The summed E-state index contributed by atoms with van der Waals surface area (Å²) in [4.78, 5) is 63.3. The fourth-order valence-corrected chi connectivity index (χ4v) is 10.8. The monoisotopic (exact) mass is 842 g/mol. The number of aromatic nitrogens is 3. The third kappa shape index (κ3) is 7.35. The molecular weight excluding hydrogens is 792 g/mol. The molecule has 4 fully saturated rings. The highest BCUT2D eigenvalue weighted by molar-refractivity contribution is 6.05. The molecule has 15 nitrogen and oxygen atoms in total. The van der Waals surface area contributed by atoms with Crippen LogP contribution in [0.1, 0.15) is 85.4 Å². The highest BCUT2D eigenvalue weighted by atomic mass is 19.1. The molecule has 0 spiro atoms. The summed E-state index contributed by atoms with van der Waals surface area (Å²) in [5, 5.41) is 24.7. The smallest absolute Gasteiger partial charge is 0.272 e. The predicted molar refractivity (Wildman–Crippen MR) is 228 cm³/mol. The maximum atomic E-state index is 15.5. The summed E-state index contributed by atoms with van der Waals surface area (Å²) in [7, 11) is 0. The SMILES string of the molecule is CC1(C)C(NC(=O)c2ccc(N3CCC(CN4CCN(c5cc6c(cc5F)C(=O)N(C5CCC(=O)NC5=O)C6)CC4)CC3)nn2)C(C)(C)C1Oc1ccc(C#N)c2ncccc12. The van der Waals surface area contributed by atoms with Crippen molar-refractivity contribution in [3.63, 3.8) is 0 Å². The van der Waals surface area contributed by atoms with Crippen LogP contribution < -0.4 is 25.2 Å². The molecule has 322 valence electrons. The Hall–Kier alpha value is -6.21. The van der Waals surface area contributed by atoms with Crippen molar-refractivity contribution in [1.29, 1.82) is 5.26 Å². The molecule has 1 unspecified atom stereocenters. The van der Waals surface area contributed by atoms with Crippen LogP contribution in [0.2, 0.25) is 0 Å². The van der Waals surface area contributed by atoms with Crippen molar-refractivity contribution in [2.45, 2.75) is 78.1 Å². The first-order chi connectivity index (χ1) is 29.7. The van der Waals surface area contributed by atoms with Crippen molar-refractivity contribution in [3.05, 3.63) is 82.9 Å². The number of nitriles is 1. The molecule has 0 bridgehead atoms. The zero-order valence-electron chi connectivity index (χ0n) is 35.5. The summed E-state index contributed by atoms with van der Waals surface area (Å²) in [6, 6.07) is 15.2. The van der Waals surface area contributed by atoms with Gasteiger partial charge in [0.1, 0.15) is 29.8 Å². The van der Waals surface area contributed by atoms with E-state index in [9.17, 15) is 24.4 Å². The van der Waals surface area contributed by atoms with Gasteiger partial charge < -0.3 is 24.8 Å². The number of hydrogen-bond donors (Lipinski definition) is 2. The summed E-state index contributed by atoms with van der Waals surface area (Å²) in [6.07, 6.45) is 3.85. The molecule has 2 aromatic carbocycles. The van der Waals surface area contributed by atoms with Crippen LogP contribution in [0.5, 0.6) is 5.75 Å². The highest BCUT2D eigenvalue weighted by Gasteiger charge is 2.64. The second-order valence-corrected chi connectivity index (χ2v) is 18.5. The standard InChI is InChI=1S/C46H51FN10O5/c1-45(2)43(46(3,4)44(45)62-36-10-7-28(24-48)39-30(36)6-5-15-49-39)51-40(59)33-8-11-37(53-52-33)56-16-13-27(14-17-56)25-54-18-20-55(21-19-54)35-22-29-26-57(42(61)31(29)23-32(35)47)34-9-12-38(58)50-41(34)60/h5-8,10-11,15,22-23,27,34,43-44H,9,12-14,16-21,25-26H2,1-4H3,(H,51,59)(H,50,58,60). The van der Waals surface area contributed by atoms with Gasteiger partial charge in [-0.15, -0.1) is 10.2 Å². The van der Waals surface area contributed by atoms with E-state index >= 15 is 4.39 Å². The van der Waals surface area contributed by atoms with Gasteiger partial charge in [-0.2, -0.15) is 5.26 Å². The van der Waals surface area contributed by atoms with Crippen molar-refractivity contribution in [1.82, 2.24) is 35.6 Å². The second-order valence-electron chi connectivity index (χ2n) is 18.5. The lowest BCUT2D eigenvalue weighted by Gasteiger charge is -2.63. The molecule has 62 heavy (non-hydrogen) atoms. The fraction of sp³-hybridized carbons (Fsp3) is 0.478. The Kier molecular flexibility index (Phi) is 10.6. The molecule has 1 saturated carbocycles. The molecule has 2 N–H and O–H groups in total. The number of halogens is 1. The summed E-state index contributed by atoms with van der Waals surface area (Å²) >= 11 is 0. The van der Waals surface area contributed by atoms with Crippen molar-refractivity contribution in [3.8, 4) is 11.8 Å². The van der Waals surface area contributed by atoms with E-state index in [2.05, 4.69) is 69.4 Å². The van der Waals surface area contributed by atoms with E-state index in [0.29, 0.717) is 47.1 Å². The number of ether oxygens (including phenoxy) is 1. The van der Waals surface area contributed by atoms with Crippen molar-refractivity contribution in [2.24, 2.45) is 16.7 Å². The van der Waals surface area contributed by atoms with Crippen LogP contribution in [0.25, 0.3) is 10.9 Å². The zero-order valence-corrected chi connectivity index (χ0v) is 35.5. The summed E-state index contributed by atoms with van der Waals surface area (Å²) in [5.41, 5.74) is 1.96. The van der Waals surface area contributed by atoms with Crippen LogP contribution in [-0.2, 0) is 16.1 Å². The lowest BCUT2D eigenvalue weighted by atomic mass is 9.49. The number of nitrogens with one attached hydrogen (secondary N) is 2. The van der Waals surface area contributed by atoms with Crippen molar-refractivity contribution in [2.75, 3.05) is 55.6 Å². The predicted octanol–water partition coefficient (Wildman–Crippen LogP) is 4.45. The van der Waals surface area contributed by atoms with Gasteiger partial charge in [0.05, 0.1) is 16.8 Å². The molecular formula is C46H51FN10O5. The number of pyridine rings is 1. The molecule has 1 atom stereocenters. The third-order valence-corrected chi connectivity index (χ3v) is 13.9. The summed E-state index contributed by atoms with van der Waals surface area (Å²) < 4.78 is 22.1. The maximum absolute atomic E-state index is 15.5. The van der Waals surface area contributed by atoms with Gasteiger partial charge in [-0.25, -0.2) is 4.39 Å². The van der Waals surface area contributed by atoms with Crippen LogP contribution in [-0.4, -0.2) is 113 Å². The summed E-state index contributed by atoms with van der Waals surface area (Å²) in [5.74, 6) is -0.0313. The number of hydrogen-bond acceptors (Lipinski definition) is 12. The van der Waals surface area contributed by atoms with Crippen molar-refractivity contribution < 1.29 is 28.3 Å². The number of anilines is 2. The number of fused-ring (bicyclic) bond motifs is 2. The largest absolute Gasteiger partial charge is 0.488 e. The van der Waals surface area contributed by atoms with Gasteiger partial charge in [0.25, 0.3) is 11.8 Å². The molecule has 3 saturated heterocycles. The first kappa shape index (κ1) is 41.2. The van der Waals surface area contributed by atoms with Gasteiger partial charge in [0.2, 0.25) is 11.8 Å². The van der Waals surface area contributed by atoms with Gasteiger partial charge in [0.15, 0.2) is 11.5 Å². The van der Waals surface area contributed by atoms with Gasteiger partial charge in [-0.05, 0) is 79.3 Å². The lowest BCUT2D eigenvalue weighted by molar-refractivity contribution is -0.163. The Morgan fingerprint density at radius 2 is 1.71 bits per heavy atom. The highest BCUT2D eigenvalue weighted by Crippen LogP contribution is 2.56. The Morgan fingerprint density at radius 1 is 0.952 bits per heavy atom. The van der Waals surface area contributed by atoms with Crippen LogP contribution in [0, 0.1) is 33.9 Å². The topological polar surface area (TPSA) is 177 Å². The number of carbonyl (C=O) groups excluding carboxylic acids is 4. The zero-order chi connectivity index (χ0) is 43.5. The van der Waals surface area contributed by atoms with Crippen molar-refractivity contribution >= 4 is 46.0 Å². The minimum Gasteiger partial charge on any atom is -0.488 e. The lowest BCUT2D eigenvalue weighted by Crippen LogP contribution is -2.74. The number of nitrogens with zero attached hydrogens (tertiary/aromatic N) is 8. The molecule has 4 aliphatic heterocycles. The van der Waals surface area contributed by atoms with E-state index in [1.165, 1.54) is 11.0 Å². The quantitative estimate of drug-likeness (QED) is 0.227. The number of rotatable bonds is 9. The van der Waals surface area contributed by atoms with E-state index in [1.807, 2.05) is 29.2 Å². The van der Waals surface area contributed by atoms with E-state index in [4.69, 9.17) is 4.74 Å².